The topological polar surface area (TPSA) is 96.0 Å². The second kappa shape index (κ2) is 12.9. The minimum Gasteiger partial charge on any atom is -0.492 e. The number of hydrogen-bond acceptors (Lipinski definition) is 5. The normalized spacial score (nSPS) is 12.5. The summed E-state index contributed by atoms with van der Waals surface area (Å²) in [5, 5.41) is 2.95. The Kier molecular flexibility index (Phi) is 10.5. The SMILES string of the molecule is CCOc1ccccc1N(CCCC(=O)N(Cc1cccc(C)c1)[C@@H](C)C(=O)NC(C)(C)C)S(C)(=O)=O. The van der Waals surface area contributed by atoms with Crippen LogP contribution in [0.2, 0.25) is 0 Å². The molecule has 0 aliphatic heterocycles. The van der Waals surface area contributed by atoms with Crippen molar-refractivity contribution in [2.45, 2.75) is 72.5 Å². The Bertz CT molecular complexity index is 1170. The Labute approximate surface area is 222 Å². The third kappa shape index (κ3) is 9.39. The van der Waals surface area contributed by atoms with Crippen LogP contribution in [-0.4, -0.2) is 56.1 Å². The van der Waals surface area contributed by atoms with E-state index in [1.165, 1.54) is 4.31 Å². The molecule has 0 bridgehead atoms. The Morgan fingerprint density at radius 3 is 2.35 bits per heavy atom. The van der Waals surface area contributed by atoms with E-state index in [0.717, 1.165) is 17.4 Å². The molecule has 0 spiro atoms. The van der Waals surface area contributed by atoms with Crippen molar-refractivity contribution in [3.63, 3.8) is 0 Å². The van der Waals surface area contributed by atoms with E-state index in [1.54, 1.807) is 36.1 Å². The average molecular weight is 532 g/mol. The zero-order valence-corrected chi connectivity index (χ0v) is 23.9. The van der Waals surface area contributed by atoms with Gasteiger partial charge in [-0.05, 0) is 65.7 Å². The van der Waals surface area contributed by atoms with Crippen molar-refractivity contribution >= 4 is 27.5 Å². The number of anilines is 1. The first kappa shape index (κ1) is 30.2. The smallest absolute Gasteiger partial charge is 0.242 e. The molecule has 0 unspecified atom stereocenters. The molecule has 1 N–H and O–H groups in total. The van der Waals surface area contributed by atoms with Crippen LogP contribution in [0.3, 0.4) is 0 Å². The van der Waals surface area contributed by atoms with Crippen LogP contribution in [0, 0.1) is 6.92 Å². The monoisotopic (exact) mass is 531 g/mol. The van der Waals surface area contributed by atoms with Crippen LogP contribution in [0.25, 0.3) is 0 Å². The minimum absolute atomic E-state index is 0.0851. The third-order valence-corrected chi connectivity index (χ3v) is 6.87. The van der Waals surface area contributed by atoms with Gasteiger partial charge in [0.1, 0.15) is 11.8 Å². The fraction of sp³-hybridized carbons (Fsp3) is 0.500. The first-order valence-electron chi connectivity index (χ1n) is 12.6. The molecule has 0 heterocycles. The Morgan fingerprint density at radius 1 is 1.08 bits per heavy atom. The summed E-state index contributed by atoms with van der Waals surface area (Å²) in [5.41, 5.74) is 1.99. The van der Waals surface area contributed by atoms with Crippen molar-refractivity contribution in [1.82, 2.24) is 10.2 Å². The number of benzene rings is 2. The summed E-state index contributed by atoms with van der Waals surface area (Å²) >= 11 is 0. The van der Waals surface area contributed by atoms with Crippen molar-refractivity contribution in [3.8, 4) is 5.75 Å². The molecule has 1 atom stereocenters. The van der Waals surface area contributed by atoms with Gasteiger partial charge in [-0.15, -0.1) is 0 Å². The second-order valence-corrected chi connectivity index (χ2v) is 12.2. The van der Waals surface area contributed by atoms with E-state index in [2.05, 4.69) is 5.32 Å². The predicted octanol–water partition coefficient (Wildman–Crippen LogP) is 4.27. The van der Waals surface area contributed by atoms with E-state index in [0.29, 0.717) is 18.0 Å². The number of ether oxygens (including phenoxy) is 1. The molecule has 0 saturated carbocycles. The summed E-state index contributed by atoms with van der Waals surface area (Å²) in [5.74, 6) is 0.0109. The maximum Gasteiger partial charge on any atom is 0.242 e. The molecule has 9 heteroatoms. The van der Waals surface area contributed by atoms with E-state index < -0.39 is 21.6 Å². The molecule has 0 aromatic heterocycles. The molecule has 2 aromatic carbocycles. The summed E-state index contributed by atoms with van der Waals surface area (Å²) < 4.78 is 32.1. The number of hydrogen-bond donors (Lipinski definition) is 1. The van der Waals surface area contributed by atoms with Crippen molar-refractivity contribution in [1.29, 1.82) is 0 Å². The number of nitrogens with zero attached hydrogens (tertiary/aromatic N) is 2. The lowest BCUT2D eigenvalue weighted by atomic mass is 10.1. The first-order chi connectivity index (χ1) is 17.2. The van der Waals surface area contributed by atoms with Crippen LogP contribution >= 0.6 is 0 Å². The molecule has 37 heavy (non-hydrogen) atoms. The minimum atomic E-state index is -3.62. The van der Waals surface area contributed by atoms with Crippen LogP contribution in [0.5, 0.6) is 5.75 Å². The molecule has 8 nitrogen and oxygen atoms in total. The zero-order valence-electron chi connectivity index (χ0n) is 23.1. The van der Waals surface area contributed by atoms with Crippen LogP contribution in [0.15, 0.2) is 48.5 Å². The fourth-order valence-corrected chi connectivity index (χ4v) is 4.96. The molecule has 0 aliphatic carbocycles. The maximum absolute atomic E-state index is 13.4. The van der Waals surface area contributed by atoms with E-state index in [9.17, 15) is 18.0 Å². The first-order valence-corrected chi connectivity index (χ1v) is 14.4. The lowest BCUT2D eigenvalue weighted by Crippen LogP contribution is -2.52. The number of carbonyl (C=O) groups excluding carboxylic acids is 2. The quantitative estimate of drug-likeness (QED) is 0.441. The Morgan fingerprint density at radius 2 is 1.76 bits per heavy atom. The molecule has 204 valence electrons. The zero-order chi connectivity index (χ0) is 27.8. The van der Waals surface area contributed by atoms with Gasteiger partial charge >= 0.3 is 0 Å². The van der Waals surface area contributed by atoms with Gasteiger partial charge in [-0.25, -0.2) is 8.42 Å². The lowest BCUT2D eigenvalue weighted by Gasteiger charge is -2.32. The summed E-state index contributed by atoms with van der Waals surface area (Å²) in [6, 6.07) is 14.1. The molecule has 2 rings (SSSR count). The van der Waals surface area contributed by atoms with Crippen LogP contribution in [0.1, 0.15) is 58.6 Å². The van der Waals surface area contributed by atoms with Gasteiger partial charge in [-0.2, -0.15) is 0 Å². The number of sulfonamides is 1. The molecule has 0 fully saturated rings. The summed E-state index contributed by atoms with van der Waals surface area (Å²) in [6.45, 7) is 12.0. The highest BCUT2D eigenvalue weighted by molar-refractivity contribution is 7.92. The average Bonchev–Trinajstić information content (AvgIpc) is 2.78. The fourth-order valence-electron chi connectivity index (χ4n) is 3.99. The summed E-state index contributed by atoms with van der Waals surface area (Å²) in [4.78, 5) is 28.0. The number of carbonyl (C=O) groups is 2. The van der Waals surface area contributed by atoms with Crippen LogP contribution < -0.4 is 14.4 Å². The van der Waals surface area contributed by atoms with E-state index >= 15 is 0 Å². The third-order valence-electron chi connectivity index (χ3n) is 5.69. The number of amides is 2. The van der Waals surface area contributed by atoms with Gasteiger partial charge in [0.05, 0.1) is 18.6 Å². The lowest BCUT2D eigenvalue weighted by molar-refractivity contribution is -0.141. The molecule has 2 aromatic rings. The molecular formula is C28H41N3O5S. The number of aryl methyl sites for hydroxylation is 1. The standard InChI is InChI=1S/C28H41N3O5S/c1-8-36-25-16-10-9-15-24(25)31(37(7,34)35)18-12-17-26(32)30(20-23-14-11-13-21(2)19-23)22(3)27(33)29-28(4,5)6/h9-11,13-16,19,22H,8,12,17-18,20H2,1-7H3,(H,29,33)/t22-/m0/s1. The van der Waals surface area contributed by atoms with Crippen LogP contribution in [0.4, 0.5) is 5.69 Å². The van der Waals surface area contributed by atoms with E-state index in [4.69, 9.17) is 4.74 Å². The second-order valence-electron chi connectivity index (χ2n) is 10.3. The molecule has 0 aliphatic rings. The van der Waals surface area contributed by atoms with Crippen LogP contribution in [-0.2, 0) is 26.2 Å². The predicted molar refractivity (Wildman–Crippen MR) is 148 cm³/mol. The Hall–Kier alpha value is -3.07. The maximum atomic E-state index is 13.4. The number of nitrogens with one attached hydrogen (secondary N) is 1. The van der Waals surface area contributed by atoms with Crippen molar-refractivity contribution in [2.24, 2.45) is 0 Å². The molecule has 0 radical (unpaired) electrons. The van der Waals surface area contributed by atoms with E-state index in [-0.39, 0.29) is 37.7 Å². The summed E-state index contributed by atoms with van der Waals surface area (Å²) in [7, 11) is -3.62. The van der Waals surface area contributed by atoms with Gasteiger partial charge in [0.15, 0.2) is 0 Å². The highest BCUT2D eigenvalue weighted by Gasteiger charge is 2.29. The highest BCUT2D eigenvalue weighted by atomic mass is 32.2. The van der Waals surface area contributed by atoms with Gasteiger partial charge in [0.2, 0.25) is 21.8 Å². The molecule has 2 amide bonds. The van der Waals surface area contributed by atoms with E-state index in [1.807, 2.05) is 58.9 Å². The van der Waals surface area contributed by atoms with Crippen molar-refractivity contribution < 1.29 is 22.7 Å². The number of rotatable bonds is 12. The van der Waals surface area contributed by atoms with Crippen molar-refractivity contribution in [2.75, 3.05) is 23.7 Å². The number of para-hydroxylation sites is 2. The van der Waals surface area contributed by atoms with Gasteiger partial charge in [-0.3, -0.25) is 13.9 Å². The van der Waals surface area contributed by atoms with Crippen molar-refractivity contribution in [3.05, 3.63) is 59.7 Å². The summed E-state index contributed by atoms with van der Waals surface area (Å²) in [6.07, 6.45) is 1.51. The van der Waals surface area contributed by atoms with Gasteiger partial charge in [0, 0.05) is 25.0 Å². The Balaban J connectivity index is 2.23. The molecule has 0 saturated heterocycles. The highest BCUT2D eigenvalue weighted by Crippen LogP contribution is 2.30. The largest absolute Gasteiger partial charge is 0.492 e. The van der Waals surface area contributed by atoms with Gasteiger partial charge in [0.25, 0.3) is 0 Å². The van der Waals surface area contributed by atoms with Gasteiger partial charge in [-0.1, -0.05) is 42.0 Å². The van der Waals surface area contributed by atoms with Gasteiger partial charge < -0.3 is 15.0 Å². The molecular weight excluding hydrogens is 490 g/mol.